The Morgan fingerprint density at radius 2 is 2.13 bits per heavy atom. The number of morpholine rings is 1. The second-order valence-electron chi connectivity index (χ2n) is 6.73. The summed E-state index contributed by atoms with van der Waals surface area (Å²) in [5.41, 5.74) is 1.34. The van der Waals surface area contributed by atoms with Crippen molar-refractivity contribution < 1.29 is 14.3 Å². The highest BCUT2D eigenvalue weighted by Gasteiger charge is 2.45. The number of amides is 1. The van der Waals surface area contributed by atoms with E-state index < -0.39 is 0 Å². The van der Waals surface area contributed by atoms with Gasteiger partial charge in [0.05, 0.1) is 25.2 Å². The number of ether oxygens (including phenoxy) is 2. The molecule has 1 amide bonds. The molecule has 0 aliphatic carbocycles. The molecule has 1 aromatic heterocycles. The van der Waals surface area contributed by atoms with Gasteiger partial charge in [-0.15, -0.1) is 0 Å². The van der Waals surface area contributed by atoms with Crippen LogP contribution in [0.15, 0.2) is 16.8 Å². The van der Waals surface area contributed by atoms with Gasteiger partial charge in [-0.05, 0) is 28.8 Å². The summed E-state index contributed by atoms with van der Waals surface area (Å²) in [4.78, 5) is 17.4. The molecule has 0 aromatic carbocycles. The van der Waals surface area contributed by atoms with Gasteiger partial charge < -0.3 is 14.4 Å². The van der Waals surface area contributed by atoms with Crippen molar-refractivity contribution in [2.24, 2.45) is 11.8 Å². The third-order valence-electron chi connectivity index (χ3n) is 5.30. The summed E-state index contributed by atoms with van der Waals surface area (Å²) in [7, 11) is 0. The summed E-state index contributed by atoms with van der Waals surface area (Å²) >= 11 is 1.73. The Hall–Kier alpha value is -0.950. The van der Waals surface area contributed by atoms with Crippen molar-refractivity contribution in [1.29, 1.82) is 0 Å². The predicted molar refractivity (Wildman–Crippen MR) is 88.3 cm³/mol. The molecule has 3 aliphatic heterocycles. The Bertz CT molecular complexity index is 530. The molecule has 0 spiro atoms. The lowest BCUT2D eigenvalue weighted by Gasteiger charge is -2.41. The SMILES string of the molecule is O=C([C@@H]1CN(Cc2ccsc2)C[C@@H]2OCC[C@@H]21)N1CCOCC1. The first-order chi connectivity index (χ1) is 11.3. The minimum absolute atomic E-state index is 0.0768. The average molecular weight is 336 g/mol. The Labute approximate surface area is 141 Å². The van der Waals surface area contributed by atoms with Gasteiger partial charge >= 0.3 is 0 Å². The number of rotatable bonds is 3. The fourth-order valence-electron chi connectivity index (χ4n) is 4.11. The summed E-state index contributed by atoms with van der Waals surface area (Å²) in [6.07, 6.45) is 1.25. The maximum atomic E-state index is 13.0. The summed E-state index contributed by atoms with van der Waals surface area (Å²) in [5, 5.41) is 4.31. The van der Waals surface area contributed by atoms with Crippen molar-refractivity contribution in [1.82, 2.24) is 9.80 Å². The molecule has 1 aromatic rings. The highest BCUT2D eigenvalue weighted by Crippen LogP contribution is 2.35. The van der Waals surface area contributed by atoms with Crippen molar-refractivity contribution in [3.63, 3.8) is 0 Å². The second-order valence-corrected chi connectivity index (χ2v) is 7.51. The number of piperidine rings is 1. The molecule has 23 heavy (non-hydrogen) atoms. The first-order valence-electron chi connectivity index (χ1n) is 8.53. The lowest BCUT2D eigenvalue weighted by atomic mass is 9.81. The quantitative estimate of drug-likeness (QED) is 0.838. The van der Waals surface area contributed by atoms with E-state index in [4.69, 9.17) is 9.47 Å². The number of carbonyl (C=O) groups is 1. The van der Waals surface area contributed by atoms with E-state index in [1.165, 1.54) is 5.56 Å². The van der Waals surface area contributed by atoms with Gasteiger partial charge in [-0.1, -0.05) is 0 Å². The number of fused-ring (bicyclic) bond motifs is 1. The van der Waals surface area contributed by atoms with E-state index >= 15 is 0 Å². The molecule has 3 fully saturated rings. The van der Waals surface area contributed by atoms with E-state index in [2.05, 4.69) is 21.7 Å². The van der Waals surface area contributed by atoms with Crippen molar-refractivity contribution in [2.45, 2.75) is 19.1 Å². The molecular formula is C17H24N2O3S. The van der Waals surface area contributed by atoms with Gasteiger partial charge in [-0.3, -0.25) is 9.69 Å². The number of hydrogen-bond acceptors (Lipinski definition) is 5. The van der Waals surface area contributed by atoms with Gasteiger partial charge in [-0.2, -0.15) is 11.3 Å². The number of nitrogens with zero attached hydrogens (tertiary/aromatic N) is 2. The zero-order valence-corrected chi connectivity index (χ0v) is 14.2. The number of carbonyl (C=O) groups excluding carboxylic acids is 1. The second kappa shape index (κ2) is 6.89. The third kappa shape index (κ3) is 3.31. The largest absolute Gasteiger partial charge is 0.378 e. The van der Waals surface area contributed by atoms with Crippen LogP contribution in [0.2, 0.25) is 0 Å². The number of likely N-dealkylation sites (tertiary alicyclic amines) is 1. The van der Waals surface area contributed by atoms with Gasteiger partial charge in [0.1, 0.15) is 0 Å². The maximum Gasteiger partial charge on any atom is 0.227 e. The summed E-state index contributed by atoms with van der Waals surface area (Å²) in [6.45, 7) is 6.33. The molecule has 126 valence electrons. The van der Waals surface area contributed by atoms with Crippen LogP contribution >= 0.6 is 11.3 Å². The molecule has 3 saturated heterocycles. The predicted octanol–water partition coefficient (Wildman–Crippen LogP) is 1.44. The molecule has 3 aliphatic rings. The molecule has 4 heterocycles. The Kier molecular flexibility index (Phi) is 4.66. The average Bonchev–Trinajstić information content (AvgIpc) is 3.26. The summed E-state index contributed by atoms with van der Waals surface area (Å²) in [6, 6.07) is 2.17. The minimum atomic E-state index is 0.0768. The first kappa shape index (κ1) is 15.6. The molecule has 0 saturated carbocycles. The van der Waals surface area contributed by atoms with Crippen LogP contribution in [0, 0.1) is 11.8 Å². The number of thiophene rings is 1. The van der Waals surface area contributed by atoms with E-state index in [1.54, 1.807) is 11.3 Å². The van der Waals surface area contributed by atoms with Crippen LogP contribution in [0.1, 0.15) is 12.0 Å². The zero-order valence-electron chi connectivity index (χ0n) is 13.4. The fourth-order valence-corrected chi connectivity index (χ4v) is 4.77. The zero-order chi connectivity index (χ0) is 15.6. The first-order valence-corrected chi connectivity index (χ1v) is 9.47. The molecule has 5 nitrogen and oxygen atoms in total. The third-order valence-corrected chi connectivity index (χ3v) is 6.03. The van der Waals surface area contributed by atoms with Crippen molar-refractivity contribution in [3.05, 3.63) is 22.4 Å². The Morgan fingerprint density at radius 3 is 2.91 bits per heavy atom. The standard InChI is InChI=1S/C17H24N2O3S/c20-17(19-3-6-21-7-4-19)15-10-18(9-13-2-8-23-12-13)11-16-14(15)1-5-22-16/h2,8,12,14-16H,1,3-7,9-11H2/t14-,15-,16+/m1/s1. The summed E-state index contributed by atoms with van der Waals surface area (Å²) < 4.78 is 11.3. The van der Waals surface area contributed by atoms with E-state index in [-0.39, 0.29) is 12.0 Å². The molecule has 3 atom stereocenters. The monoisotopic (exact) mass is 336 g/mol. The van der Waals surface area contributed by atoms with Crippen LogP contribution in [0.4, 0.5) is 0 Å². The van der Waals surface area contributed by atoms with Crippen molar-refractivity contribution >= 4 is 17.2 Å². The van der Waals surface area contributed by atoms with E-state index in [9.17, 15) is 4.79 Å². The van der Waals surface area contributed by atoms with E-state index in [0.29, 0.717) is 25.0 Å². The minimum Gasteiger partial charge on any atom is -0.378 e. The lowest BCUT2D eigenvalue weighted by molar-refractivity contribution is -0.146. The molecular weight excluding hydrogens is 312 g/mol. The highest BCUT2D eigenvalue weighted by molar-refractivity contribution is 7.07. The van der Waals surface area contributed by atoms with Gasteiger partial charge in [0, 0.05) is 45.2 Å². The van der Waals surface area contributed by atoms with Gasteiger partial charge in [0.15, 0.2) is 0 Å². The molecule has 0 N–H and O–H groups in total. The lowest BCUT2D eigenvalue weighted by Crippen LogP contribution is -2.54. The van der Waals surface area contributed by atoms with Gasteiger partial charge in [-0.25, -0.2) is 0 Å². The van der Waals surface area contributed by atoms with E-state index in [1.807, 2.05) is 4.90 Å². The Morgan fingerprint density at radius 1 is 1.26 bits per heavy atom. The fraction of sp³-hybridized carbons (Fsp3) is 0.706. The van der Waals surface area contributed by atoms with Crippen LogP contribution in [0.3, 0.4) is 0 Å². The van der Waals surface area contributed by atoms with Crippen LogP contribution in [-0.4, -0.2) is 67.8 Å². The molecule has 4 rings (SSSR count). The van der Waals surface area contributed by atoms with Crippen molar-refractivity contribution in [3.8, 4) is 0 Å². The smallest absolute Gasteiger partial charge is 0.227 e. The summed E-state index contributed by atoms with van der Waals surface area (Å²) in [5.74, 6) is 0.779. The van der Waals surface area contributed by atoms with Gasteiger partial charge in [0.25, 0.3) is 0 Å². The Balaban J connectivity index is 1.47. The molecule has 6 heteroatoms. The van der Waals surface area contributed by atoms with Crippen LogP contribution in [0.25, 0.3) is 0 Å². The molecule has 0 unspecified atom stereocenters. The van der Waals surface area contributed by atoms with Crippen LogP contribution in [-0.2, 0) is 20.8 Å². The maximum absolute atomic E-state index is 13.0. The molecule has 0 radical (unpaired) electrons. The van der Waals surface area contributed by atoms with Crippen LogP contribution in [0.5, 0.6) is 0 Å². The number of hydrogen-bond donors (Lipinski definition) is 0. The van der Waals surface area contributed by atoms with Crippen molar-refractivity contribution in [2.75, 3.05) is 46.0 Å². The topological polar surface area (TPSA) is 42.0 Å². The van der Waals surface area contributed by atoms with Crippen LogP contribution < -0.4 is 0 Å². The normalized spacial score (nSPS) is 32.0. The molecule has 0 bridgehead atoms. The van der Waals surface area contributed by atoms with E-state index in [0.717, 1.165) is 45.8 Å². The van der Waals surface area contributed by atoms with Gasteiger partial charge in [0.2, 0.25) is 5.91 Å². The highest BCUT2D eigenvalue weighted by atomic mass is 32.1.